The van der Waals surface area contributed by atoms with Crippen LogP contribution in [0, 0.1) is 0 Å². The van der Waals surface area contributed by atoms with Crippen LogP contribution in [0.4, 0.5) is 34.9 Å². The molecule has 2 fully saturated rings. The number of aliphatic imine (C=N–C) groups is 2. The number of carbonyl (C=O) groups is 6. The van der Waals surface area contributed by atoms with Crippen molar-refractivity contribution in [2.24, 2.45) is 21.5 Å². The van der Waals surface area contributed by atoms with Gasteiger partial charge >= 0.3 is 11.9 Å². The summed E-state index contributed by atoms with van der Waals surface area (Å²) in [6.45, 7) is 4.51. The van der Waals surface area contributed by atoms with Crippen molar-refractivity contribution >= 4 is 152 Å². The van der Waals surface area contributed by atoms with Crippen LogP contribution in [0.15, 0.2) is 70.9 Å². The van der Waals surface area contributed by atoms with Crippen molar-refractivity contribution < 1.29 is 131 Å². The van der Waals surface area contributed by atoms with E-state index in [1.165, 1.54) is 0 Å². The van der Waals surface area contributed by atoms with Crippen LogP contribution in [0.3, 0.4) is 0 Å². The third kappa shape index (κ3) is 41.4. The van der Waals surface area contributed by atoms with E-state index in [0.717, 1.165) is 79.3 Å². The predicted molar refractivity (Wildman–Crippen MR) is 492 cm³/mol. The fraction of sp³-hybridized carbons (Fsp3) is 0.600. The van der Waals surface area contributed by atoms with Crippen LogP contribution in [-0.4, -0.2) is 353 Å². The number of rotatable bonds is 52. The van der Waals surface area contributed by atoms with Gasteiger partial charge < -0.3 is 145 Å². The number of aliphatic hydroxyl groups is 8. The SMILES string of the molecule is CSCCCC(N)=NCCCCOCCNC(=O)CCC(NC(=O)c1ccc(N(C)Cc2cnc3nc(N)nc(N)c3n2)cc1)C(=O)O.CSCCCC(N)=NCCCOCCCNC(=O)CCC(NC(=O)c1ccc(N(C)Cc2cnc3nc(N)nc(N)c3n2)cc1)C(=O)O.CSCCOC1OC(CO)C(O)C(O)C1O.CSCCOC1OC(CO)C(O)C(O)C1O.[Au]. The first kappa shape index (κ1) is 113. The maximum Gasteiger partial charge on any atom is 0.326 e. The van der Waals surface area contributed by atoms with Gasteiger partial charge in [-0.2, -0.15) is 67.0 Å². The van der Waals surface area contributed by atoms with Gasteiger partial charge in [0, 0.05) is 142 Å². The third-order valence-electron chi connectivity index (χ3n) is 19.0. The van der Waals surface area contributed by atoms with Crippen molar-refractivity contribution in [1.29, 1.82) is 0 Å². The number of aliphatic carboxylic acids is 2. The van der Waals surface area contributed by atoms with E-state index in [0.29, 0.717) is 131 Å². The van der Waals surface area contributed by atoms with Gasteiger partial charge in [-0.1, -0.05) is 0 Å². The summed E-state index contributed by atoms with van der Waals surface area (Å²) >= 11 is 6.73. The van der Waals surface area contributed by atoms with Crippen molar-refractivity contribution in [3.05, 3.63) is 83.4 Å². The summed E-state index contributed by atoms with van der Waals surface area (Å²) in [6, 6.07) is 10.8. The Balaban J connectivity index is 0.000000401. The van der Waals surface area contributed by atoms with Gasteiger partial charge in [0.25, 0.3) is 11.8 Å². The number of thioether (sulfide) groups is 4. The number of hydrogen-bond donors (Lipinski definition) is 20. The maximum atomic E-state index is 12.8. The van der Waals surface area contributed by atoms with E-state index in [9.17, 15) is 69.6 Å². The first-order valence-corrected chi connectivity index (χ1v) is 46.8. The monoisotopic (exact) mass is 2070 g/mol. The number of unbranched alkanes of at least 4 members (excludes halogenated alkanes) is 1. The molecule has 0 spiro atoms. The van der Waals surface area contributed by atoms with Crippen LogP contribution in [0.5, 0.6) is 0 Å². The second-order valence-corrected chi connectivity index (χ2v) is 33.0. The number of ether oxygens (including phenoxy) is 6. The summed E-state index contributed by atoms with van der Waals surface area (Å²) in [5.41, 5.74) is 39.4. The zero-order chi connectivity index (χ0) is 94.0. The van der Waals surface area contributed by atoms with E-state index < -0.39 is 110 Å². The van der Waals surface area contributed by atoms with Crippen molar-refractivity contribution in [3.63, 3.8) is 0 Å². The number of amides is 4. The summed E-state index contributed by atoms with van der Waals surface area (Å²) in [5.74, 6) is 1.07. The number of nitrogen functional groups attached to an aromatic ring is 4. The molecular formula is C80H126AuN22O22S4. The molecule has 2 aliphatic rings. The summed E-state index contributed by atoms with van der Waals surface area (Å²) in [5, 5.41) is 105. The van der Waals surface area contributed by atoms with E-state index in [-0.39, 0.29) is 94.5 Å². The number of amidine groups is 2. The molecule has 0 bridgehead atoms. The summed E-state index contributed by atoms with van der Waals surface area (Å²) < 4.78 is 31.8. The van der Waals surface area contributed by atoms with Crippen molar-refractivity contribution in [1.82, 2.24) is 61.1 Å². The minimum absolute atomic E-state index is 0. The molecule has 8 rings (SSSR count). The molecule has 4 amide bonds. The molecule has 12 unspecified atom stereocenters. The summed E-state index contributed by atoms with van der Waals surface area (Å²) in [4.78, 5) is 120. The largest absolute Gasteiger partial charge is 0.480 e. The number of aromatic nitrogens is 8. The quantitative estimate of drug-likeness (QED) is 0.00993. The molecule has 0 aliphatic carbocycles. The number of nitrogens with zero attached hydrogens (tertiary/aromatic N) is 12. The Labute approximate surface area is 780 Å². The zero-order valence-electron chi connectivity index (χ0n) is 73.1. The Morgan fingerprint density at radius 1 is 0.481 bits per heavy atom. The molecule has 26 N–H and O–H groups in total. The topological polar surface area (TPSA) is 699 Å². The van der Waals surface area contributed by atoms with Gasteiger partial charge in [0.1, 0.15) is 60.9 Å². The second-order valence-electron chi connectivity index (χ2n) is 29.0. The minimum atomic E-state index is -1.37. The van der Waals surface area contributed by atoms with Gasteiger partial charge in [-0.05, 0) is 136 Å². The molecule has 6 aromatic rings. The molecule has 44 nitrogen and oxygen atoms in total. The molecule has 12 atom stereocenters. The van der Waals surface area contributed by atoms with Crippen LogP contribution in [0.2, 0.25) is 0 Å². The molecule has 49 heteroatoms. The Morgan fingerprint density at radius 3 is 1.27 bits per heavy atom. The Kier molecular flexibility index (Phi) is 54.8. The minimum Gasteiger partial charge on any atom is -0.480 e. The first-order valence-electron chi connectivity index (χ1n) is 41.2. The van der Waals surface area contributed by atoms with Gasteiger partial charge in [-0.3, -0.25) is 29.2 Å². The number of carboxylic acids is 2. The molecule has 4 aromatic heterocycles. The molecule has 6 heterocycles. The van der Waals surface area contributed by atoms with E-state index >= 15 is 0 Å². The van der Waals surface area contributed by atoms with Crippen LogP contribution in [-0.2, 0) is 83.1 Å². The van der Waals surface area contributed by atoms with E-state index in [2.05, 4.69) is 83.6 Å². The number of nitrogens with two attached hydrogens (primary N) is 6. The van der Waals surface area contributed by atoms with Gasteiger partial charge in [0.15, 0.2) is 46.5 Å². The average molecular weight is 2070 g/mol. The van der Waals surface area contributed by atoms with Crippen molar-refractivity contribution in [3.8, 4) is 0 Å². The fourth-order valence-corrected chi connectivity index (χ4v) is 13.3. The zero-order valence-corrected chi connectivity index (χ0v) is 78.5. The van der Waals surface area contributed by atoms with E-state index in [1.54, 1.807) is 108 Å². The number of carbonyl (C=O) groups excluding carboxylic acids is 4. The molecule has 1 radical (unpaired) electrons. The molecule has 0 saturated carbocycles. The van der Waals surface area contributed by atoms with Gasteiger partial charge in [-0.25, -0.2) is 29.5 Å². The second kappa shape index (κ2) is 62.7. The van der Waals surface area contributed by atoms with E-state index in [4.69, 9.17) is 73.0 Å². The van der Waals surface area contributed by atoms with Crippen LogP contribution >= 0.6 is 47.0 Å². The van der Waals surface area contributed by atoms with Crippen LogP contribution in [0.25, 0.3) is 22.3 Å². The number of nitrogens with one attached hydrogen (secondary N) is 4. The van der Waals surface area contributed by atoms with Crippen molar-refractivity contribution in [2.75, 3.05) is 174 Å². The smallest absolute Gasteiger partial charge is 0.326 e. The molecular weight excluding hydrogens is 1950 g/mol. The normalized spacial score (nSPS) is 18.9. The molecule has 2 saturated heterocycles. The van der Waals surface area contributed by atoms with E-state index in [1.807, 2.05) is 36.4 Å². The number of anilines is 6. The standard InChI is InChI=1S/2C31H45N11O5S.2C9H18O6S.Au/c1-42(19-21-18-37-28-26(38-21)27(33)40-31(34)41-28)22-9-7-20(8-10-22)29(44)39-23(30(45)46)11-12-25(43)36-14-5-16-47-15-4-13-35-24(32)6-3-17-48-2;1-42(19-21-18-37-28-26(38-21)27(33)40-31(34)41-28)22-9-7-20(8-10-22)29(44)39-23(30(45)46)11-12-25(43)36-14-16-47-15-4-3-13-35-24(32)6-5-17-48-2;2*1-16-3-2-14-9-8(13)7(12)6(11)5(4-10)15-9;/h2*7-10,18,23H,3-6,11-17,19H2,1-2H3,(H2,32,35)(H,36,43)(H,39,44)(H,45,46)(H4,33,34,37,40,41);2*5-13H,2-4H2,1H3;. The number of benzene rings is 2. The first-order chi connectivity index (χ1) is 61.4. The number of fused-ring (bicyclic) bond motifs is 2. The average Bonchev–Trinajstić information content (AvgIpc) is 0.818. The summed E-state index contributed by atoms with van der Waals surface area (Å²) in [6.07, 6.45) is 5.76. The van der Waals surface area contributed by atoms with Crippen LogP contribution in [0.1, 0.15) is 109 Å². The van der Waals surface area contributed by atoms with Gasteiger partial charge in [-0.15, -0.1) is 0 Å². The Bertz CT molecular complexity index is 4120. The van der Waals surface area contributed by atoms with Gasteiger partial charge in [0.05, 0.1) is 81.6 Å². The maximum absolute atomic E-state index is 12.8. The van der Waals surface area contributed by atoms with Gasteiger partial charge in [0.2, 0.25) is 23.7 Å². The fourth-order valence-electron chi connectivity index (χ4n) is 11.9. The predicted octanol–water partition coefficient (Wildman–Crippen LogP) is -0.476. The molecule has 723 valence electrons. The number of hydrogen-bond acceptors (Lipinski definition) is 40. The molecule has 2 aromatic carbocycles. The van der Waals surface area contributed by atoms with Crippen LogP contribution < -0.4 is 65.5 Å². The Hall–Kier alpha value is -8.58. The Morgan fingerprint density at radius 2 is 0.868 bits per heavy atom. The van der Waals surface area contributed by atoms with Crippen molar-refractivity contribution in [2.45, 2.75) is 164 Å². The number of aliphatic hydroxyl groups excluding tert-OH is 8. The molecule has 2 aliphatic heterocycles. The third-order valence-corrected chi connectivity index (χ3v) is 21.5. The molecule has 129 heavy (non-hydrogen) atoms. The number of carboxylic acid groups (broad SMARTS) is 2. The summed E-state index contributed by atoms with van der Waals surface area (Å²) in [7, 11) is 3.68.